The topological polar surface area (TPSA) is 42.5 Å². The van der Waals surface area contributed by atoms with Gasteiger partial charge in [-0.25, -0.2) is 0 Å². The maximum atomic E-state index is 11.9. The Morgan fingerprint density at radius 1 is 0.949 bits per heavy atom. The van der Waals surface area contributed by atoms with E-state index in [1.807, 2.05) is 60.8 Å². The van der Waals surface area contributed by atoms with E-state index in [4.69, 9.17) is 23.2 Å². The van der Waals surface area contributed by atoms with Crippen molar-refractivity contribution in [1.29, 1.82) is 0 Å². The molecule has 39 heavy (non-hydrogen) atoms. The lowest BCUT2D eigenvalue weighted by atomic mass is 9.95. The number of nitrogens with zero attached hydrogens (tertiary/aromatic N) is 4. The number of alkyl halides is 3. The largest absolute Gasteiger partial charge is 0.428 e. The molecule has 0 aliphatic rings. The first-order valence-corrected chi connectivity index (χ1v) is 12.6. The summed E-state index contributed by atoms with van der Waals surface area (Å²) in [5.41, 5.74) is 6.09. The number of aliphatic imine (C=N–C) groups is 1. The molecular formula is C30H29Cl2F3N4. The first-order valence-electron chi connectivity index (χ1n) is 11.8. The van der Waals surface area contributed by atoms with Crippen molar-refractivity contribution in [2.24, 2.45) is 4.99 Å². The predicted molar refractivity (Wildman–Crippen MR) is 157 cm³/mol. The molecule has 0 fully saturated rings. The van der Waals surface area contributed by atoms with Crippen molar-refractivity contribution in [3.63, 3.8) is 0 Å². The minimum absolute atomic E-state index is 0.127. The number of benzene rings is 2. The molecule has 0 aliphatic carbocycles. The van der Waals surface area contributed by atoms with Crippen LogP contribution in [0.3, 0.4) is 0 Å². The van der Waals surface area contributed by atoms with E-state index < -0.39 is 11.9 Å². The highest BCUT2D eigenvalue weighted by atomic mass is 35.5. The van der Waals surface area contributed by atoms with E-state index in [0.29, 0.717) is 5.02 Å². The summed E-state index contributed by atoms with van der Waals surface area (Å²) in [5.74, 6) is 0.835. The number of fused-ring (bicyclic) bond motifs is 1. The summed E-state index contributed by atoms with van der Waals surface area (Å²) in [7, 11) is 0. The Hall–Kier alpha value is -3.60. The third-order valence-corrected chi connectivity index (χ3v) is 6.32. The van der Waals surface area contributed by atoms with E-state index in [-0.39, 0.29) is 6.54 Å². The second-order valence-corrected chi connectivity index (χ2v) is 9.44. The molecule has 0 amide bonds. The maximum Gasteiger partial charge on any atom is 0.428 e. The number of hydrogen-bond acceptors (Lipinski definition) is 3. The molecule has 0 saturated heterocycles. The van der Waals surface area contributed by atoms with Gasteiger partial charge >= 0.3 is 6.18 Å². The van der Waals surface area contributed by atoms with Gasteiger partial charge in [0.1, 0.15) is 11.5 Å². The first kappa shape index (κ1) is 31.6. The van der Waals surface area contributed by atoms with Gasteiger partial charge in [-0.2, -0.15) is 13.2 Å². The Labute approximate surface area is 237 Å². The Kier molecular flexibility index (Phi) is 11.3. The van der Waals surface area contributed by atoms with E-state index in [9.17, 15) is 13.2 Å². The zero-order chi connectivity index (χ0) is 29.3. The van der Waals surface area contributed by atoms with Crippen LogP contribution in [0.2, 0.25) is 10.0 Å². The molecule has 4 rings (SSSR count). The summed E-state index contributed by atoms with van der Waals surface area (Å²) in [6.45, 7) is 8.58. The van der Waals surface area contributed by atoms with Gasteiger partial charge in [0, 0.05) is 27.4 Å². The number of aryl methyl sites for hydroxylation is 2. The van der Waals surface area contributed by atoms with Crippen molar-refractivity contribution in [1.82, 2.24) is 14.6 Å². The van der Waals surface area contributed by atoms with Crippen LogP contribution in [-0.4, -0.2) is 33.0 Å². The Bertz CT molecular complexity index is 1500. The van der Waals surface area contributed by atoms with Gasteiger partial charge in [-0.15, -0.1) is 23.0 Å². The molecule has 9 heteroatoms. The molecule has 2 aromatic heterocycles. The molecule has 0 N–H and O–H groups in total. The fourth-order valence-electron chi connectivity index (χ4n) is 3.39. The molecule has 4 aromatic rings. The highest BCUT2D eigenvalue weighted by Gasteiger charge is 2.31. The number of aromatic nitrogens is 3. The summed E-state index contributed by atoms with van der Waals surface area (Å²) >= 11 is 12.6. The van der Waals surface area contributed by atoms with Crippen LogP contribution in [0.15, 0.2) is 71.4 Å². The third kappa shape index (κ3) is 8.44. The van der Waals surface area contributed by atoms with Crippen LogP contribution in [0.25, 0.3) is 27.9 Å². The van der Waals surface area contributed by atoms with Gasteiger partial charge < -0.3 is 0 Å². The zero-order valence-corrected chi connectivity index (χ0v) is 23.8. The smallest absolute Gasteiger partial charge is 0.286 e. The van der Waals surface area contributed by atoms with Gasteiger partial charge in [-0.3, -0.25) is 9.39 Å². The molecular weight excluding hydrogens is 544 g/mol. The van der Waals surface area contributed by atoms with E-state index in [0.717, 1.165) is 56.8 Å². The second-order valence-electron chi connectivity index (χ2n) is 8.60. The molecule has 4 nitrogen and oxygen atoms in total. The summed E-state index contributed by atoms with van der Waals surface area (Å²) in [6.07, 6.45) is 7.51. The van der Waals surface area contributed by atoms with Gasteiger partial charge in [0.2, 0.25) is 0 Å². The van der Waals surface area contributed by atoms with Crippen molar-refractivity contribution in [3.8, 4) is 35.1 Å². The molecule has 204 valence electrons. The van der Waals surface area contributed by atoms with Crippen LogP contribution < -0.4 is 0 Å². The van der Waals surface area contributed by atoms with E-state index in [1.54, 1.807) is 19.9 Å². The third-order valence-electron chi connectivity index (χ3n) is 5.75. The van der Waals surface area contributed by atoms with Crippen molar-refractivity contribution in [2.75, 3.05) is 6.54 Å². The molecule has 0 saturated carbocycles. The minimum Gasteiger partial charge on any atom is -0.286 e. The Morgan fingerprint density at radius 3 is 2.15 bits per heavy atom. The van der Waals surface area contributed by atoms with E-state index >= 15 is 0 Å². The van der Waals surface area contributed by atoms with Crippen molar-refractivity contribution in [2.45, 2.75) is 40.8 Å². The fraction of sp³-hybridized carbons (Fsp3) is 0.233. The average molecular weight is 573 g/mol. The highest BCUT2D eigenvalue weighted by Crippen LogP contribution is 2.37. The lowest BCUT2D eigenvalue weighted by Crippen LogP contribution is -2.19. The van der Waals surface area contributed by atoms with Gasteiger partial charge in [-0.05, 0) is 75.6 Å². The number of terminal acetylenes is 1. The summed E-state index contributed by atoms with van der Waals surface area (Å²) in [6, 6.07) is 15.9. The quantitative estimate of drug-likeness (QED) is 0.139. The molecule has 0 atom stereocenters. The Morgan fingerprint density at radius 2 is 1.59 bits per heavy atom. The molecule has 0 unspecified atom stereocenters. The molecule has 2 aromatic carbocycles. The molecule has 2 heterocycles. The standard InChI is InChI=1S/C20H15Cl2N3.C8H12F3N.C2H2/c1-12-3-8-16(19(22)9-12)18-11-25-13(2)23-24-20(25)10-17(18)14-4-6-15(21)7-5-14;1-4-6(2)5-12-7(3)8(9,10)11;1-2/h3-11H,1-2H3;4H,5H2,1-3H3;1-2H/b;6-4-,12-7?;. The minimum atomic E-state index is -4.28. The van der Waals surface area contributed by atoms with Gasteiger partial charge in [0.25, 0.3) is 0 Å². The number of rotatable bonds is 4. The van der Waals surface area contributed by atoms with Crippen LogP contribution in [0.1, 0.15) is 32.2 Å². The lowest BCUT2D eigenvalue weighted by Gasteiger charge is -2.13. The second kappa shape index (κ2) is 14.0. The Balaban J connectivity index is 0.000000325. The van der Waals surface area contributed by atoms with Crippen LogP contribution in [-0.2, 0) is 0 Å². The molecule has 0 aliphatic heterocycles. The maximum absolute atomic E-state index is 11.9. The van der Waals surface area contributed by atoms with Crippen LogP contribution in [0.4, 0.5) is 13.2 Å². The summed E-state index contributed by atoms with van der Waals surface area (Å²) in [4.78, 5) is 3.39. The van der Waals surface area contributed by atoms with Gasteiger partial charge in [0.15, 0.2) is 5.65 Å². The lowest BCUT2D eigenvalue weighted by molar-refractivity contribution is -0.0593. The number of pyridine rings is 1. The average Bonchev–Trinajstić information content (AvgIpc) is 3.27. The van der Waals surface area contributed by atoms with Gasteiger partial charge in [0.05, 0.1) is 6.54 Å². The van der Waals surface area contributed by atoms with Crippen molar-refractivity contribution in [3.05, 3.63) is 87.8 Å². The highest BCUT2D eigenvalue weighted by molar-refractivity contribution is 6.33. The monoisotopic (exact) mass is 572 g/mol. The van der Waals surface area contributed by atoms with Crippen LogP contribution >= 0.6 is 23.2 Å². The summed E-state index contributed by atoms with van der Waals surface area (Å²) < 4.78 is 37.5. The van der Waals surface area contributed by atoms with Crippen molar-refractivity contribution < 1.29 is 13.2 Å². The number of allylic oxidation sites excluding steroid dienone is 1. The van der Waals surface area contributed by atoms with Crippen LogP contribution in [0.5, 0.6) is 0 Å². The van der Waals surface area contributed by atoms with E-state index in [2.05, 4.69) is 40.2 Å². The first-order chi connectivity index (χ1) is 18.4. The number of hydrogen-bond donors (Lipinski definition) is 0. The molecule has 0 radical (unpaired) electrons. The summed E-state index contributed by atoms with van der Waals surface area (Å²) in [5, 5.41) is 9.85. The number of halogens is 5. The van der Waals surface area contributed by atoms with E-state index in [1.165, 1.54) is 0 Å². The zero-order valence-electron chi connectivity index (χ0n) is 22.3. The molecule has 0 bridgehead atoms. The van der Waals surface area contributed by atoms with Gasteiger partial charge in [-0.1, -0.05) is 59.1 Å². The SMILES string of the molecule is C#C.C/C=C(/C)CN=C(C)C(F)(F)F.Cc1ccc(-c2cn3c(C)nnc3cc2-c2ccc(Cl)cc2)c(Cl)c1. The fourth-order valence-corrected chi connectivity index (χ4v) is 3.86. The van der Waals surface area contributed by atoms with Crippen LogP contribution in [0, 0.1) is 26.7 Å². The van der Waals surface area contributed by atoms with Crippen molar-refractivity contribution >= 4 is 34.6 Å². The predicted octanol–water partition coefficient (Wildman–Crippen LogP) is 9.21. The molecule has 0 spiro atoms. The normalized spacial score (nSPS) is 11.9.